The van der Waals surface area contributed by atoms with Crippen molar-refractivity contribution in [3.05, 3.63) is 101 Å². The van der Waals surface area contributed by atoms with Crippen molar-refractivity contribution < 1.29 is 51.2 Å². The van der Waals surface area contributed by atoms with Gasteiger partial charge in [0.25, 0.3) is 0 Å². The summed E-state index contributed by atoms with van der Waals surface area (Å²) >= 11 is 1.25. The predicted molar refractivity (Wildman–Crippen MR) is 205 cm³/mol. The van der Waals surface area contributed by atoms with Gasteiger partial charge in [-0.3, -0.25) is 9.59 Å². The lowest BCUT2D eigenvalue weighted by atomic mass is 9.89. The van der Waals surface area contributed by atoms with Gasteiger partial charge in [-0.25, -0.2) is 27.6 Å². The molecule has 0 aliphatic carbocycles. The number of nitrogens with zero attached hydrogens (tertiary/aromatic N) is 5. The molecule has 18 heteroatoms. The number of esters is 1. The molecule has 310 valence electrons. The Morgan fingerprint density at radius 2 is 1.81 bits per heavy atom. The van der Waals surface area contributed by atoms with Crippen molar-refractivity contribution in [1.29, 1.82) is 5.26 Å². The summed E-state index contributed by atoms with van der Waals surface area (Å²) in [5.74, 6) is -3.35. The number of nitriles is 1. The van der Waals surface area contributed by atoms with Crippen LogP contribution in [0.4, 0.5) is 18.0 Å². The van der Waals surface area contributed by atoms with Crippen LogP contribution in [0.1, 0.15) is 56.2 Å². The Kier molecular flexibility index (Phi) is 15.9. The first-order valence-electron chi connectivity index (χ1n) is 18.6. The number of aromatic nitrogens is 3. The van der Waals surface area contributed by atoms with Gasteiger partial charge in [-0.2, -0.15) is 10.4 Å². The van der Waals surface area contributed by atoms with Crippen molar-refractivity contribution in [2.45, 2.75) is 80.8 Å². The number of nitrogens with one attached hydrogen (secondary N) is 1. The van der Waals surface area contributed by atoms with Crippen LogP contribution in [0, 0.1) is 28.8 Å². The third kappa shape index (κ3) is 12.1. The maximum absolute atomic E-state index is 15.8. The fourth-order valence-electron chi connectivity index (χ4n) is 6.49. The lowest BCUT2D eigenvalue weighted by Gasteiger charge is -2.40. The monoisotopic (exact) mass is 826 g/mol. The van der Waals surface area contributed by atoms with Gasteiger partial charge < -0.3 is 33.9 Å². The Morgan fingerprint density at radius 1 is 1.05 bits per heavy atom. The summed E-state index contributed by atoms with van der Waals surface area (Å²) in [5.41, 5.74) is -1.58. The molecule has 0 spiro atoms. The molecule has 3 atom stereocenters. The second-order valence-electron chi connectivity index (χ2n) is 13.6. The van der Waals surface area contributed by atoms with E-state index in [1.54, 1.807) is 30.1 Å². The summed E-state index contributed by atoms with van der Waals surface area (Å²) in [7, 11) is 1.88. The van der Waals surface area contributed by atoms with Crippen molar-refractivity contribution in [3.63, 3.8) is 0 Å². The first-order valence-corrected chi connectivity index (χ1v) is 19.6. The quantitative estimate of drug-likeness (QED) is 0.107. The minimum atomic E-state index is -1.91. The minimum Gasteiger partial charge on any atom is -0.425 e. The standard InChI is InChI=1S/C40H45F3N6O8S/c1-26(58-32-21-53-38(54-22-32)7-5-4-6-29-9-8-28(20-44)18-34(29)42)40(23-49-25-46-24-47-49,33-11-10-30(41)19-35(33)43)57-39(52)56-27(2)55-37(51)13-12-36(50)48-16-14-31(45-3)15-17-48/h4-11,18-19,24-27,31-32,38,45H,12-17,21-23H2,1-3H3/b6-4+,7-5+/t26-,27?,32?,38?,40-/m1/s1. The summed E-state index contributed by atoms with van der Waals surface area (Å²) < 4.78 is 73.8. The first kappa shape index (κ1) is 43.9. The number of thioether (sulfide) groups is 1. The molecule has 58 heavy (non-hydrogen) atoms. The molecule has 1 unspecified atom stereocenters. The fraction of sp³-hybridized carbons (Fsp3) is 0.450. The van der Waals surface area contributed by atoms with Crippen LogP contribution in [0.3, 0.4) is 0 Å². The number of likely N-dealkylation sites (tertiary alicyclic amines) is 1. The van der Waals surface area contributed by atoms with Crippen LogP contribution in [0.2, 0.25) is 0 Å². The van der Waals surface area contributed by atoms with Crippen LogP contribution in [0.25, 0.3) is 6.08 Å². The molecule has 1 aromatic heterocycles. The van der Waals surface area contributed by atoms with E-state index in [9.17, 15) is 23.2 Å². The number of allylic oxidation sites excluding steroid dienone is 2. The Bertz CT molecular complexity index is 1970. The molecule has 2 fully saturated rings. The molecular weight excluding hydrogens is 782 g/mol. The van der Waals surface area contributed by atoms with E-state index in [0.29, 0.717) is 30.8 Å². The highest BCUT2D eigenvalue weighted by atomic mass is 32.2. The molecule has 2 aliphatic heterocycles. The Balaban J connectivity index is 1.23. The maximum atomic E-state index is 15.8. The van der Waals surface area contributed by atoms with E-state index in [0.717, 1.165) is 25.0 Å². The summed E-state index contributed by atoms with van der Waals surface area (Å²) in [6.07, 6.45) is 6.77. The van der Waals surface area contributed by atoms with E-state index in [-0.39, 0.29) is 54.9 Å². The van der Waals surface area contributed by atoms with E-state index in [1.807, 2.05) is 13.1 Å². The lowest BCUT2D eigenvalue weighted by molar-refractivity contribution is -0.172. The van der Waals surface area contributed by atoms with E-state index in [4.69, 9.17) is 28.9 Å². The summed E-state index contributed by atoms with van der Waals surface area (Å²) in [5, 5.41) is 15.1. The van der Waals surface area contributed by atoms with E-state index in [2.05, 4.69) is 15.4 Å². The predicted octanol–water partition coefficient (Wildman–Crippen LogP) is 5.63. The summed E-state index contributed by atoms with van der Waals surface area (Å²) in [6.45, 7) is 4.17. The van der Waals surface area contributed by atoms with Gasteiger partial charge in [0.2, 0.25) is 12.2 Å². The second kappa shape index (κ2) is 21.0. The normalized spacial score (nSPS) is 19.6. The molecule has 2 aliphatic rings. The minimum absolute atomic E-state index is 0.0798. The van der Waals surface area contributed by atoms with Crippen LogP contribution in [0.15, 0.2) is 67.3 Å². The number of amides is 1. The molecule has 3 heterocycles. The molecule has 1 amide bonds. The molecule has 2 saturated heterocycles. The number of hydrogen-bond donors (Lipinski definition) is 1. The van der Waals surface area contributed by atoms with Gasteiger partial charge in [0.05, 0.1) is 43.1 Å². The maximum Gasteiger partial charge on any atom is 0.512 e. The number of hydrogen-bond acceptors (Lipinski definition) is 13. The van der Waals surface area contributed by atoms with E-state index in [1.165, 1.54) is 60.3 Å². The van der Waals surface area contributed by atoms with Gasteiger partial charge >= 0.3 is 12.1 Å². The van der Waals surface area contributed by atoms with Gasteiger partial charge in [-0.05, 0) is 57.2 Å². The van der Waals surface area contributed by atoms with Gasteiger partial charge in [-0.15, -0.1) is 11.8 Å². The molecule has 1 N–H and O–H groups in total. The number of piperidine rings is 1. The van der Waals surface area contributed by atoms with Crippen molar-refractivity contribution >= 4 is 35.9 Å². The highest BCUT2D eigenvalue weighted by molar-refractivity contribution is 8.00. The van der Waals surface area contributed by atoms with Crippen LogP contribution < -0.4 is 5.32 Å². The Morgan fingerprint density at radius 3 is 2.47 bits per heavy atom. The van der Waals surface area contributed by atoms with Crippen molar-refractivity contribution in [2.75, 3.05) is 33.4 Å². The van der Waals surface area contributed by atoms with Gasteiger partial charge in [0.15, 0.2) is 11.9 Å². The number of rotatable bonds is 16. The molecule has 3 aromatic rings. The average Bonchev–Trinajstić information content (AvgIpc) is 3.72. The zero-order chi connectivity index (χ0) is 41.7. The Hall–Kier alpha value is -5.22. The van der Waals surface area contributed by atoms with Gasteiger partial charge in [0.1, 0.15) is 30.1 Å². The topological polar surface area (TPSA) is 167 Å². The van der Waals surface area contributed by atoms with Crippen molar-refractivity contribution in [3.8, 4) is 6.07 Å². The highest BCUT2D eigenvalue weighted by Gasteiger charge is 2.47. The lowest BCUT2D eigenvalue weighted by Crippen LogP contribution is -2.47. The largest absolute Gasteiger partial charge is 0.512 e. The highest BCUT2D eigenvalue weighted by Crippen LogP contribution is 2.42. The number of carbonyl (C=O) groups excluding carboxylic acids is 3. The molecule has 5 rings (SSSR count). The number of benzene rings is 2. The summed E-state index contributed by atoms with van der Waals surface area (Å²) in [6, 6.07) is 9.25. The van der Waals surface area contributed by atoms with Crippen molar-refractivity contribution in [1.82, 2.24) is 25.0 Å². The van der Waals surface area contributed by atoms with Crippen LogP contribution >= 0.6 is 11.8 Å². The van der Waals surface area contributed by atoms with Crippen LogP contribution in [0.5, 0.6) is 0 Å². The third-order valence-electron chi connectivity index (χ3n) is 9.61. The number of halogens is 3. The van der Waals surface area contributed by atoms with E-state index >= 15 is 4.39 Å². The third-order valence-corrected chi connectivity index (χ3v) is 11.1. The zero-order valence-corrected chi connectivity index (χ0v) is 33.0. The molecular formula is C40H45F3N6O8S. The van der Waals surface area contributed by atoms with Gasteiger partial charge in [0, 0.05) is 54.9 Å². The first-order chi connectivity index (χ1) is 27.9. The summed E-state index contributed by atoms with van der Waals surface area (Å²) in [4.78, 5) is 44.5. The number of ether oxygens (including phenoxy) is 5. The molecule has 0 saturated carbocycles. The average molecular weight is 827 g/mol. The SMILES string of the molecule is CNC1CCN(C(=O)CCC(=O)OC(C)OC(=O)O[C@@](Cn2cncn2)(c2ccc(F)cc2F)[C@@H](C)SC2COC(/C=C/C=C/c3ccc(C#N)cc3F)OC2)CC1. The Labute approximate surface area is 338 Å². The zero-order valence-electron chi connectivity index (χ0n) is 32.2. The molecule has 2 aromatic carbocycles. The second-order valence-corrected chi connectivity index (χ2v) is 15.3. The van der Waals surface area contributed by atoms with Crippen molar-refractivity contribution in [2.24, 2.45) is 0 Å². The van der Waals surface area contributed by atoms with Crippen LogP contribution in [-0.2, 0) is 45.4 Å². The van der Waals surface area contributed by atoms with Gasteiger partial charge in [-0.1, -0.05) is 24.3 Å². The molecule has 0 radical (unpaired) electrons. The van der Waals surface area contributed by atoms with Crippen LogP contribution in [-0.4, -0.2) is 100 Å². The fourth-order valence-corrected chi connectivity index (χ4v) is 7.85. The number of carbonyl (C=O) groups is 3. The van der Waals surface area contributed by atoms with E-state index < -0.39 is 53.0 Å². The smallest absolute Gasteiger partial charge is 0.425 e. The molecule has 0 bridgehead atoms. The molecule has 14 nitrogen and oxygen atoms in total.